The predicted octanol–water partition coefficient (Wildman–Crippen LogP) is 5.01. The molecule has 0 aromatic rings. The van der Waals surface area contributed by atoms with Gasteiger partial charge in [0.25, 0.3) is 0 Å². The Labute approximate surface area is 165 Å². The molecule has 140 valence electrons. The van der Waals surface area contributed by atoms with E-state index in [-0.39, 0.29) is 20.8 Å². The summed E-state index contributed by atoms with van der Waals surface area (Å²) in [5.74, 6) is 4.48. The number of nitrogens with zero attached hydrogens (tertiary/aromatic N) is 1. The molecule has 1 spiro atoms. The highest BCUT2D eigenvalue weighted by Gasteiger charge is 2.60. The second-order valence-corrected chi connectivity index (χ2v) is 12.5. The first-order valence-corrected chi connectivity index (χ1v) is 12.2. The van der Waals surface area contributed by atoms with E-state index in [9.17, 15) is 10.4 Å². The third-order valence-electron chi connectivity index (χ3n) is 8.62. The lowest BCUT2D eigenvalue weighted by Crippen LogP contribution is -2.52. The number of aliphatic hydroxyl groups excluding tert-OH is 1. The van der Waals surface area contributed by atoms with E-state index in [0.29, 0.717) is 24.4 Å². The molecule has 3 fully saturated rings. The maximum absolute atomic E-state index is 10.6. The minimum atomic E-state index is -0.0273. The first-order valence-electron chi connectivity index (χ1n) is 10.3. The molecule has 0 unspecified atom stereocenters. The molecule has 1 N–H and O–H groups in total. The fourth-order valence-electron chi connectivity index (χ4n) is 7.13. The Morgan fingerprint density at radius 2 is 1.96 bits per heavy atom. The molecule has 0 radical (unpaired) electrons. The first-order chi connectivity index (χ1) is 12.6. The molecule has 0 aromatic carbocycles. The van der Waals surface area contributed by atoms with Crippen molar-refractivity contribution >= 4 is 23.5 Å². The van der Waals surface area contributed by atoms with Gasteiger partial charge in [0.15, 0.2) is 0 Å². The van der Waals surface area contributed by atoms with Gasteiger partial charge in [-0.15, -0.1) is 23.5 Å². The van der Waals surface area contributed by atoms with E-state index in [4.69, 9.17) is 0 Å². The van der Waals surface area contributed by atoms with Crippen LogP contribution in [0.1, 0.15) is 45.4 Å². The van der Waals surface area contributed by atoms with Crippen LogP contribution in [0.5, 0.6) is 0 Å². The van der Waals surface area contributed by atoms with Crippen LogP contribution in [0.15, 0.2) is 23.8 Å². The van der Waals surface area contributed by atoms with Gasteiger partial charge in [-0.25, -0.2) is 0 Å². The smallest absolute Gasteiger partial charge is 0.0798 e. The maximum Gasteiger partial charge on any atom is 0.0798 e. The van der Waals surface area contributed by atoms with Crippen molar-refractivity contribution in [1.82, 2.24) is 0 Å². The molecule has 26 heavy (non-hydrogen) atoms. The van der Waals surface area contributed by atoms with E-state index < -0.39 is 0 Å². The Hall–Kier alpha value is -0.370. The Kier molecular flexibility index (Phi) is 4.13. The van der Waals surface area contributed by atoms with Crippen LogP contribution >= 0.6 is 23.5 Å². The predicted molar refractivity (Wildman–Crippen MR) is 110 cm³/mol. The highest BCUT2D eigenvalue weighted by molar-refractivity contribution is 8.21. The number of allylic oxidation sites excluding steroid dienone is 2. The van der Waals surface area contributed by atoms with Crippen LogP contribution in [0.2, 0.25) is 0 Å². The highest BCUT2D eigenvalue weighted by atomic mass is 32.2. The molecule has 1 aliphatic heterocycles. The van der Waals surface area contributed by atoms with Gasteiger partial charge in [-0.3, -0.25) is 0 Å². The Morgan fingerprint density at radius 1 is 1.15 bits per heavy atom. The fourth-order valence-corrected chi connectivity index (χ4v) is 10.2. The second-order valence-electron chi connectivity index (χ2n) is 9.38. The van der Waals surface area contributed by atoms with Crippen molar-refractivity contribution in [2.45, 2.75) is 49.5 Å². The minimum absolute atomic E-state index is 0.0273. The zero-order chi connectivity index (χ0) is 18.0. The normalized spacial score (nSPS) is 48.4. The lowest BCUT2D eigenvalue weighted by atomic mass is 9.48. The van der Waals surface area contributed by atoms with Crippen molar-refractivity contribution in [2.75, 3.05) is 18.1 Å². The summed E-state index contributed by atoms with van der Waals surface area (Å²) in [7, 11) is 0. The Bertz CT molecular complexity index is 703. The molecule has 2 saturated carbocycles. The molecule has 0 amide bonds. The quantitative estimate of drug-likeness (QED) is 0.686. The zero-order valence-corrected chi connectivity index (χ0v) is 17.2. The SMILES string of the molecule is C[C@]12CC[C@H]3[C@@H](C=CC4=CC5(CC[C@@]43CO)SCCS5)[C@@H]1CC[C@@H]2C#N. The molecule has 6 atom stereocenters. The third-order valence-corrected chi connectivity index (χ3v) is 12.0. The number of hydrogen-bond donors (Lipinski definition) is 1. The number of hydrogen-bond acceptors (Lipinski definition) is 4. The summed E-state index contributed by atoms with van der Waals surface area (Å²) in [6.45, 7) is 2.67. The van der Waals surface area contributed by atoms with Crippen molar-refractivity contribution in [3.8, 4) is 6.07 Å². The minimum Gasteiger partial charge on any atom is -0.395 e. The van der Waals surface area contributed by atoms with Gasteiger partial charge in [0.05, 0.1) is 22.7 Å². The third kappa shape index (κ3) is 2.23. The van der Waals surface area contributed by atoms with E-state index in [1.165, 1.54) is 36.3 Å². The topological polar surface area (TPSA) is 44.0 Å². The van der Waals surface area contributed by atoms with Crippen molar-refractivity contribution in [1.29, 1.82) is 5.26 Å². The monoisotopic (exact) mass is 387 g/mol. The summed E-state index contributed by atoms with van der Waals surface area (Å²) in [5.41, 5.74) is 1.58. The van der Waals surface area contributed by atoms with E-state index >= 15 is 0 Å². The number of fused-ring (bicyclic) bond motifs is 5. The van der Waals surface area contributed by atoms with Crippen molar-refractivity contribution < 1.29 is 5.11 Å². The van der Waals surface area contributed by atoms with Gasteiger partial charge in [-0.05, 0) is 67.3 Å². The first kappa shape index (κ1) is 17.7. The number of nitriles is 1. The summed E-state index contributed by atoms with van der Waals surface area (Å²) in [5, 5.41) is 20.3. The highest BCUT2D eigenvalue weighted by Crippen LogP contribution is 2.67. The average Bonchev–Trinajstić information content (AvgIpc) is 3.25. The molecule has 0 aromatic heterocycles. The molecule has 5 aliphatic rings. The molecule has 5 rings (SSSR count). The summed E-state index contributed by atoms with van der Waals surface area (Å²) >= 11 is 4.23. The molecule has 2 nitrogen and oxygen atoms in total. The average molecular weight is 388 g/mol. The van der Waals surface area contributed by atoms with E-state index in [1.807, 2.05) is 0 Å². The number of rotatable bonds is 1. The van der Waals surface area contributed by atoms with Crippen LogP contribution in [0.4, 0.5) is 0 Å². The van der Waals surface area contributed by atoms with Crippen molar-refractivity contribution in [2.24, 2.45) is 34.5 Å². The molecule has 4 aliphatic carbocycles. The summed E-state index contributed by atoms with van der Waals surface area (Å²) in [6, 6.07) is 2.62. The standard InChI is InChI=1S/C22H29NOS2/c1-20-7-6-19-17(18(20)5-3-16(20)13-23)4-2-15-12-22(25-10-11-26-22)9-8-21(15,19)14-24/h2,4,12,16-19,24H,3,5-11,14H2,1H3/t16-,17+,18+,19+,20-,21-/m1/s1. The summed E-state index contributed by atoms with van der Waals surface area (Å²) < 4.78 is 0.271. The summed E-state index contributed by atoms with van der Waals surface area (Å²) in [4.78, 5) is 0. The van der Waals surface area contributed by atoms with Gasteiger partial charge in [-0.1, -0.05) is 25.2 Å². The molecule has 0 bridgehead atoms. The van der Waals surface area contributed by atoms with Crippen LogP contribution in [0, 0.1) is 45.8 Å². The van der Waals surface area contributed by atoms with Crippen molar-refractivity contribution in [3.05, 3.63) is 23.8 Å². The lowest BCUT2D eigenvalue weighted by Gasteiger charge is -2.57. The lowest BCUT2D eigenvalue weighted by molar-refractivity contribution is -0.0349. The van der Waals surface area contributed by atoms with E-state index in [2.05, 4.69) is 54.7 Å². The maximum atomic E-state index is 10.6. The van der Waals surface area contributed by atoms with E-state index in [0.717, 1.165) is 19.3 Å². The summed E-state index contributed by atoms with van der Waals surface area (Å²) in [6.07, 6.45) is 14.3. The van der Waals surface area contributed by atoms with Gasteiger partial charge < -0.3 is 5.11 Å². The van der Waals surface area contributed by atoms with Crippen LogP contribution in [0.25, 0.3) is 0 Å². The van der Waals surface area contributed by atoms with Crippen LogP contribution in [-0.2, 0) is 0 Å². The van der Waals surface area contributed by atoms with Gasteiger partial charge in [0.2, 0.25) is 0 Å². The van der Waals surface area contributed by atoms with Gasteiger partial charge >= 0.3 is 0 Å². The van der Waals surface area contributed by atoms with Crippen LogP contribution in [-0.4, -0.2) is 27.3 Å². The second kappa shape index (κ2) is 6.06. The molecular formula is C22H29NOS2. The van der Waals surface area contributed by atoms with E-state index in [1.54, 1.807) is 0 Å². The molecule has 1 saturated heterocycles. The number of aliphatic hydroxyl groups is 1. The van der Waals surface area contributed by atoms with Gasteiger partial charge in [0, 0.05) is 16.9 Å². The molecule has 1 heterocycles. The Balaban J connectivity index is 1.54. The van der Waals surface area contributed by atoms with Gasteiger partial charge in [-0.2, -0.15) is 5.26 Å². The van der Waals surface area contributed by atoms with Crippen LogP contribution in [0.3, 0.4) is 0 Å². The zero-order valence-electron chi connectivity index (χ0n) is 15.6. The number of thioether (sulfide) groups is 2. The van der Waals surface area contributed by atoms with Gasteiger partial charge in [0.1, 0.15) is 0 Å². The largest absolute Gasteiger partial charge is 0.395 e. The fraction of sp³-hybridized carbons (Fsp3) is 0.773. The van der Waals surface area contributed by atoms with Crippen LogP contribution < -0.4 is 0 Å². The molecular weight excluding hydrogens is 358 g/mol. The Morgan fingerprint density at radius 3 is 2.69 bits per heavy atom. The van der Waals surface area contributed by atoms with Crippen molar-refractivity contribution in [3.63, 3.8) is 0 Å². The molecule has 4 heteroatoms.